The van der Waals surface area contributed by atoms with Gasteiger partial charge >= 0.3 is 0 Å². The number of benzene rings is 1. The van der Waals surface area contributed by atoms with Crippen LogP contribution in [-0.4, -0.2) is 14.7 Å². The molecule has 1 aromatic carbocycles. The lowest BCUT2D eigenvalue weighted by Gasteiger charge is -2.06. The van der Waals surface area contributed by atoms with Gasteiger partial charge in [0.05, 0.1) is 4.90 Å². The number of thioether (sulfide) groups is 1. The van der Waals surface area contributed by atoms with Crippen LogP contribution >= 0.6 is 22.4 Å². The van der Waals surface area contributed by atoms with Crippen molar-refractivity contribution >= 4 is 31.5 Å². The van der Waals surface area contributed by atoms with Gasteiger partial charge in [-0.15, -0.1) is 11.8 Å². The summed E-state index contributed by atoms with van der Waals surface area (Å²) in [6.07, 6.45) is 1.82. The molecule has 0 spiro atoms. The zero-order valence-corrected chi connectivity index (χ0v) is 9.63. The quantitative estimate of drug-likeness (QED) is 0.585. The molecule has 0 N–H and O–H groups in total. The Balaban J connectivity index is 3.50. The van der Waals surface area contributed by atoms with Crippen LogP contribution in [0.4, 0.5) is 0 Å². The number of hydrogen-bond acceptors (Lipinski definition) is 3. The second-order valence-electron chi connectivity index (χ2n) is 2.54. The highest BCUT2D eigenvalue weighted by atomic mass is 35.7. The summed E-state index contributed by atoms with van der Waals surface area (Å²) in [6.45, 7) is 1.73. The van der Waals surface area contributed by atoms with Gasteiger partial charge in [-0.1, -0.05) is 12.1 Å². The van der Waals surface area contributed by atoms with Gasteiger partial charge in [-0.25, -0.2) is 8.42 Å². The van der Waals surface area contributed by atoms with E-state index in [1.807, 2.05) is 12.3 Å². The maximum absolute atomic E-state index is 11.2. The molecule has 0 aromatic heterocycles. The van der Waals surface area contributed by atoms with Crippen molar-refractivity contribution in [3.63, 3.8) is 0 Å². The molecule has 0 fully saturated rings. The van der Waals surface area contributed by atoms with Gasteiger partial charge in [-0.05, 0) is 24.8 Å². The second kappa shape index (κ2) is 3.90. The van der Waals surface area contributed by atoms with Crippen molar-refractivity contribution in [2.45, 2.75) is 16.7 Å². The van der Waals surface area contributed by atoms with Crippen molar-refractivity contribution in [2.24, 2.45) is 0 Å². The van der Waals surface area contributed by atoms with Crippen LogP contribution in [0, 0.1) is 6.92 Å². The van der Waals surface area contributed by atoms with Crippen molar-refractivity contribution in [2.75, 3.05) is 6.26 Å². The van der Waals surface area contributed by atoms with E-state index < -0.39 is 9.05 Å². The largest absolute Gasteiger partial charge is 0.262 e. The van der Waals surface area contributed by atoms with Gasteiger partial charge in [0.1, 0.15) is 0 Å². The molecule has 1 rings (SSSR count). The fraction of sp³-hybridized carbons (Fsp3) is 0.250. The topological polar surface area (TPSA) is 34.1 Å². The highest BCUT2D eigenvalue weighted by Gasteiger charge is 2.17. The molecule has 0 saturated carbocycles. The van der Waals surface area contributed by atoms with Gasteiger partial charge in [-0.3, -0.25) is 0 Å². The lowest BCUT2D eigenvalue weighted by Crippen LogP contribution is -1.96. The normalized spacial score (nSPS) is 11.6. The minimum atomic E-state index is -3.62. The monoisotopic (exact) mass is 236 g/mol. The number of aryl methyl sites for hydroxylation is 1. The molecule has 2 nitrogen and oxygen atoms in total. The van der Waals surface area contributed by atoms with E-state index in [1.54, 1.807) is 19.1 Å². The highest BCUT2D eigenvalue weighted by molar-refractivity contribution is 8.14. The average molecular weight is 237 g/mol. The molecule has 5 heteroatoms. The number of rotatable bonds is 2. The molecule has 1 aromatic rings. The summed E-state index contributed by atoms with van der Waals surface area (Å²) in [5, 5.41) is 0. The molecule has 0 aliphatic carbocycles. The van der Waals surface area contributed by atoms with Gasteiger partial charge in [0.15, 0.2) is 0 Å². The predicted octanol–water partition coefficient (Wildman–Crippen LogP) is 2.64. The van der Waals surface area contributed by atoms with Crippen LogP contribution in [0.15, 0.2) is 28.0 Å². The SMILES string of the molecule is CSc1cccc(C)c1S(=O)(=O)Cl. The van der Waals surface area contributed by atoms with Crippen molar-refractivity contribution in [3.8, 4) is 0 Å². The zero-order chi connectivity index (χ0) is 10.1. The third kappa shape index (κ3) is 2.39. The molecule has 0 aliphatic rings. The van der Waals surface area contributed by atoms with E-state index in [0.29, 0.717) is 10.5 Å². The van der Waals surface area contributed by atoms with E-state index in [4.69, 9.17) is 10.7 Å². The van der Waals surface area contributed by atoms with Crippen molar-refractivity contribution in [1.82, 2.24) is 0 Å². The smallest absolute Gasteiger partial charge is 0.207 e. The molecule has 0 bridgehead atoms. The summed E-state index contributed by atoms with van der Waals surface area (Å²) >= 11 is 1.37. The zero-order valence-electron chi connectivity index (χ0n) is 7.24. The van der Waals surface area contributed by atoms with Crippen LogP contribution in [0.3, 0.4) is 0 Å². The van der Waals surface area contributed by atoms with Crippen LogP contribution in [0.25, 0.3) is 0 Å². The average Bonchev–Trinajstić information content (AvgIpc) is 2.01. The maximum atomic E-state index is 11.2. The third-order valence-electron chi connectivity index (χ3n) is 1.64. The Morgan fingerprint density at radius 3 is 2.38 bits per heavy atom. The first-order chi connectivity index (χ1) is 5.96. The van der Waals surface area contributed by atoms with Crippen molar-refractivity contribution < 1.29 is 8.42 Å². The summed E-state index contributed by atoms with van der Waals surface area (Å²) in [7, 11) is 1.68. The van der Waals surface area contributed by atoms with E-state index in [1.165, 1.54) is 11.8 Å². The van der Waals surface area contributed by atoms with Crippen molar-refractivity contribution in [1.29, 1.82) is 0 Å². The fourth-order valence-corrected chi connectivity index (χ4v) is 3.75. The van der Waals surface area contributed by atoms with E-state index in [2.05, 4.69) is 0 Å². The first kappa shape index (κ1) is 10.9. The van der Waals surface area contributed by atoms with Crippen LogP contribution < -0.4 is 0 Å². The molecule has 13 heavy (non-hydrogen) atoms. The first-order valence-corrected chi connectivity index (χ1v) is 7.08. The predicted molar refractivity (Wildman–Crippen MR) is 56.0 cm³/mol. The number of hydrogen-bond donors (Lipinski definition) is 0. The van der Waals surface area contributed by atoms with E-state index in [9.17, 15) is 8.42 Å². The Hall–Kier alpha value is -0.190. The van der Waals surface area contributed by atoms with Crippen molar-refractivity contribution in [3.05, 3.63) is 23.8 Å². The summed E-state index contributed by atoms with van der Waals surface area (Å²) in [6, 6.07) is 5.29. The third-order valence-corrected chi connectivity index (χ3v) is 4.04. The summed E-state index contributed by atoms with van der Waals surface area (Å²) < 4.78 is 22.4. The Bertz CT molecular complexity index is 412. The number of halogens is 1. The molecule has 0 atom stereocenters. The molecule has 0 saturated heterocycles. The van der Waals surface area contributed by atoms with Gasteiger partial charge in [-0.2, -0.15) is 0 Å². The lowest BCUT2D eigenvalue weighted by atomic mass is 10.2. The minimum Gasteiger partial charge on any atom is -0.207 e. The van der Waals surface area contributed by atoms with Crippen LogP contribution in [0.2, 0.25) is 0 Å². The summed E-state index contributed by atoms with van der Waals surface area (Å²) in [5.74, 6) is 0. The molecular formula is C8H9ClO2S2. The highest BCUT2D eigenvalue weighted by Crippen LogP contribution is 2.29. The van der Waals surface area contributed by atoms with E-state index in [-0.39, 0.29) is 4.90 Å². The van der Waals surface area contributed by atoms with E-state index in [0.717, 1.165) is 0 Å². The van der Waals surface area contributed by atoms with Gasteiger partial charge < -0.3 is 0 Å². The van der Waals surface area contributed by atoms with E-state index >= 15 is 0 Å². The summed E-state index contributed by atoms with van der Waals surface area (Å²) in [5.41, 5.74) is 0.682. The first-order valence-electron chi connectivity index (χ1n) is 3.55. The molecule has 0 amide bonds. The molecular weight excluding hydrogens is 228 g/mol. The molecule has 0 radical (unpaired) electrons. The Labute approximate surface area is 86.7 Å². The molecule has 72 valence electrons. The standard InChI is InChI=1S/C8H9ClO2S2/c1-6-4-3-5-7(12-2)8(6)13(9,10)11/h3-5H,1-2H3. The van der Waals surface area contributed by atoms with Gasteiger partial charge in [0.2, 0.25) is 0 Å². The maximum Gasteiger partial charge on any atom is 0.262 e. The Morgan fingerprint density at radius 2 is 2.00 bits per heavy atom. The van der Waals surface area contributed by atoms with Crippen LogP contribution in [0.5, 0.6) is 0 Å². The Morgan fingerprint density at radius 1 is 1.38 bits per heavy atom. The van der Waals surface area contributed by atoms with Crippen LogP contribution in [0.1, 0.15) is 5.56 Å². The fourth-order valence-electron chi connectivity index (χ4n) is 1.10. The van der Waals surface area contributed by atoms with Crippen LogP contribution in [-0.2, 0) is 9.05 Å². The molecule has 0 aliphatic heterocycles. The van der Waals surface area contributed by atoms with Gasteiger partial charge in [0, 0.05) is 15.6 Å². The Kier molecular flexibility index (Phi) is 3.27. The molecule has 0 unspecified atom stereocenters. The minimum absolute atomic E-state index is 0.226. The second-order valence-corrected chi connectivity index (χ2v) is 5.90. The summed E-state index contributed by atoms with van der Waals surface area (Å²) in [4.78, 5) is 0.916. The lowest BCUT2D eigenvalue weighted by molar-refractivity contribution is 0.607. The molecule has 0 heterocycles. The van der Waals surface area contributed by atoms with Gasteiger partial charge in [0.25, 0.3) is 9.05 Å².